The van der Waals surface area contributed by atoms with Crippen LogP contribution in [-0.4, -0.2) is 29.1 Å². The largest absolute Gasteiger partial charge is 0.352 e. The van der Waals surface area contributed by atoms with Crippen LogP contribution in [0.3, 0.4) is 0 Å². The summed E-state index contributed by atoms with van der Waals surface area (Å²) in [6.45, 7) is 1.81. The summed E-state index contributed by atoms with van der Waals surface area (Å²) in [4.78, 5) is 11.4. The lowest BCUT2D eigenvalue weighted by molar-refractivity contribution is 0.668. The van der Waals surface area contributed by atoms with Crippen molar-refractivity contribution in [3.05, 3.63) is 18.1 Å². The van der Waals surface area contributed by atoms with E-state index >= 15 is 0 Å². The summed E-state index contributed by atoms with van der Waals surface area (Å²) in [5.41, 5.74) is 5.79. The lowest BCUT2D eigenvalue weighted by atomic mass is 10.2. The maximum atomic E-state index is 5.79. The smallest absolute Gasteiger partial charge is 0.133 e. The number of anilines is 1. The van der Waals surface area contributed by atoms with Gasteiger partial charge in [-0.15, -0.1) is 0 Å². The average molecular weight is 218 g/mol. The lowest BCUT2D eigenvalue weighted by Gasteiger charge is -2.24. The van der Waals surface area contributed by atoms with E-state index in [0.29, 0.717) is 12.0 Å². The molecule has 16 heavy (non-hydrogen) atoms. The zero-order valence-corrected chi connectivity index (χ0v) is 9.47. The maximum absolute atomic E-state index is 5.79. The predicted molar refractivity (Wildman–Crippen MR) is 63.4 cm³/mol. The molecule has 1 saturated heterocycles. The molecule has 4 nitrogen and oxygen atoms in total. The van der Waals surface area contributed by atoms with Crippen molar-refractivity contribution < 1.29 is 0 Å². The summed E-state index contributed by atoms with van der Waals surface area (Å²) in [6, 6.07) is 2.49. The highest BCUT2D eigenvalue weighted by Gasteiger charge is 2.29. The highest BCUT2D eigenvalue weighted by molar-refractivity contribution is 5.41. The van der Waals surface area contributed by atoms with Crippen molar-refractivity contribution in [2.45, 2.75) is 37.6 Å². The molecule has 3 rings (SSSR count). The van der Waals surface area contributed by atoms with E-state index in [-0.39, 0.29) is 0 Å². The summed E-state index contributed by atoms with van der Waals surface area (Å²) in [6.07, 6.45) is 6.82. The zero-order valence-electron chi connectivity index (χ0n) is 9.47. The third kappa shape index (κ3) is 1.78. The van der Waals surface area contributed by atoms with Crippen molar-refractivity contribution in [1.29, 1.82) is 0 Å². The van der Waals surface area contributed by atoms with Crippen LogP contribution in [0.2, 0.25) is 0 Å². The Labute approximate surface area is 95.9 Å². The summed E-state index contributed by atoms with van der Waals surface area (Å²) in [5, 5.41) is 0. The first-order chi connectivity index (χ1) is 7.88. The molecular weight excluding hydrogens is 200 g/mol. The Morgan fingerprint density at radius 2 is 2.25 bits per heavy atom. The Balaban J connectivity index is 1.84. The SMILES string of the molecule is NCC1CCCN1c1ccnc(C2CC2)n1. The molecule has 1 atom stereocenters. The second kappa shape index (κ2) is 4.01. The number of nitrogens with two attached hydrogens (primary N) is 1. The Morgan fingerprint density at radius 1 is 1.38 bits per heavy atom. The molecule has 1 aromatic rings. The summed E-state index contributed by atoms with van der Waals surface area (Å²) >= 11 is 0. The van der Waals surface area contributed by atoms with E-state index in [0.717, 1.165) is 24.7 Å². The fourth-order valence-electron chi connectivity index (χ4n) is 2.44. The minimum absolute atomic E-state index is 0.474. The molecule has 2 fully saturated rings. The Bertz CT molecular complexity index is 375. The van der Waals surface area contributed by atoms with Gasteiger partial charge < -0.3 is 10.6 Å². The first kappa shape index (κ1) is 10.0. The van der Waals surface area contributed by atoms with Crippen molar-refractivity contribution in [3.8, 4) is 0 Å². The molecule has 0 radical (unpaired) electrons. The van der Waals surface area contributed by atoms with Gasteiger partial charge in [0.05, 0.1) is 0 Å². The first-order valence-electron chi connectivity index (χ1n) is 6.18. The highest BCUT2D eigenvalue weighted by atomic mass is 15.2. The maximum Gasteiger partial charge on any atom is 0.133 e. The van der Waals surface area contributed by atoms with Gasteiger partial charge in [0.1, 0.15) is 11.6 Å². The third-order valence-corrected chi connectivity index (χ3v) is 3.55. The monoisotopic (exact) mass is 218 g/mol. The molecule has 0 bridgehead atoms. The Morgan fingerprint density at radius 3 is 3.00 bits per heavy atom. The van der Waals surface area contributed by atoms with Gasteiger partial charge in [0.2, 0.25) is 0 Å². The predicted octanol–water partition coefficient (Wildman–Crippen LogP) is 1.28. The van der Waals surface area contributed by atoms with E-state index in [2.05, 4.69) is 14.9 Å². The number of hydrogen-bond acceptors (Lipinski definition) is 4. The molecule has 1 unspecified atom stereocenters. The zero-order chi connectivity index (χ0) is 11.0. The fourth-order valence-corrected chi connectivity index (χ4v) is 2.44. The average Bonchev–Trinajstić information content (AvgIpc) is 3.07. The van der Waals surface area contributed by atoms with Gasteiger partial charge in [-0.25, -0.2) is 9.97 Å². The first-order valence-corrected chi connectivity index (χ1v) is 6.18. The van der Waals surface area contributed by atoms with Gasteiger partial charge in [0, 0.05) is 31.2 Å². The van der Waals surface area contributed by atoms with Gasteiger partial charge in [-0.3, -0.25) is 0 Å². The van der Waals surface area contributed by atoms with Gasteiger partial charge in [-0.1, -0.05) is 0 Å². The molecule has 0 aromatic carbocycles. The van der Waals surface area contributed by atoms with Crippen LogP contribution in [0, 0.1) is 0 Å². The topological polar surface area (TPSA) is 55.0 Å². The van der Waals surface area contributed by atoms with Gasteiger partial charge in [-0.05, 0) is 31.7 Å². The summed E-state index contributed by atoms with van der Waals surface area (Å²) < 4.78 is 0. The number of nitrogens with zero attached hydrogens (tertiary/aromatic N) is 3. The van der Waals surface area contributed by atoms with Crippen molar-refractivity contribution in [2.75, 3.05) is 18.0 Å². The standard InChI is InChI=1S/C12H18N4/c13-8-10-2-1-7-16(10)11-5-6-14-12(15-11)9-3-4-9/h5-6,9-10H,1-4,7-8,13H2. The molecular formula is C12H18N4. The van der Waals surface area contributed by atoms with Crippen LogP contribution in [0.25, 0.3) is 0 Å². The number of rotatable bonds is 3. The van der Waals surface area contributed by atoms with Crippen LogP contribution >= 0.6 is 0 Å². The van der Waals surface area contributed by atoms with Crippen LogP contribution in [0.15, 0.2) is 12.3 Å². The fraction of sp³-hybridized carbons (Fsp3) is 0.667. The van der Waals surface area contributed by atoms with Gasteiger partial charge in [-0.2, -0.15) is 0 Å². The van der Waals surface area contributed by atoms with Gasteiger partial charge in [0.15, 0.2) is 0 Å². The van der Waals surface area contributed by atoms with Crippen LogP contribution < -0.4 is 10.6 Å². The van der Waals surface area contributed by atoms with Gasteiger partial charge >= 0.3 is 0 Å². The van der Waals surface area contributed by atoms with Crippen molar-refractivity contribution in [1.82, 2.24) is 9.97 Å². The third-order valence-electron chi connectivity index (χ3n) is 3.55. The van der Waals surface area contributed by atoms with E-state index in [1.54, 1.807) is 0 Å². The van der Waals surface area contributed by atoms with Crippen LogP contribution in [0.1, 0.15) is 37.4 Å². The quantitative estimate of drug-likeness (QED) is 0.830. The molecule has 0 amide bonds. The summed E-state index contributed by atoms with van der Waals surface area (Å²) in [5.74, 6) is 2.73. The molecule has 4 heteroatoms. The molecule has 1 aromatic heterocycles. The molecule has 2 aliphatic rings. The Kier molecular flexibility index (Phi) is 2.52. The number of aromatic nitrogens is 2. The molecule has 1 saturated carbocycles. The van der Waals surface area contributed by atoms with E-state index < -0.39 is 0 Å². The minimum atomic E-state index is 0.474. The van der Waals surface area contributed by atoms with Crippen LogP contribution in [-0.2, 0) is 0 Å². The minimum Gasteiger partial charge on any atom is -0.352 e. The molecule has 2 heterocycles. The number of hydrogen-bond donors (Lipinski definition) is 1. The van der Waals surface area contributed by atoms with E-state index in [4.69, 9.17) is 5.73 Å². The van der Waals surface area contributed by atoms with E-state index in [9.17, 15) is 0 Å². The molecule has 1 aliphatic heterocycles. The van der Waals surface area contributed by atoms with Crippen LogP contribution in [0.5, 0.6) is 0 Å². The van der Waals surface area contributed by atoms with E-state index in [1.165, 1.54) is 25.7 Å². The lowest BCUT2D eigenvalue weighted by Crippen LogP contribution is -2.36. The molecule has 2 N–H and O–H groups in total. The van der Waals surface area contributed by atoms with Crippen molar-refractivity contribution in [3.63, 3.8) is 0 Å². The second-order valence-corrected chi connectivity index (χ2v) is 4.77. The second-order valence-electron chi connectivity index (χ2n) is 4.77. The summed E-state index contributed by atoms with van der Waals surface area (Å²) in [7, 11) is 0. The highest BCUT2D eigenvalue weighted by Crippen LogP contribution is 2.38. The normalized spacial score (nSPS) is 25.1. The molecule has 1 aliphatic carbocycles. The molecule has 0 spiro atoms. The van der Waals surface area contributed by atoms with Crippen molar-refractivity contribution in [2.24, 2.45) is 5.73 Å². The van der Waals surface area contributed by atoms with Crippen LogP contribution in [0.4, 0.5) is 5.82 Å². The van der Waals surface area contributed by atoms with Crippen molar-refractivity contribution >= 4 is 5.82 Å². The molecule has 86 valence electrons. The Hall–Kier alpha value is -1.16. The van der Waals surface area contributed by atoms with Gasteiger partial charge in [0.25, 0.3) is 0 Å². The van der Waals surface area contributed by atoms with E-state index in [1.807, 2.05) is 12.3 Å².